The van der Waals surface area contributed by atoms with Gasteiger partial charge < -0.3 is 0 Å². The molecule has 0 fully saturated rings. The van der Waals surface area contributed by atoms with Gasteiger partial charge in [-0.3, -0.25) is 9.59 Å². The van der Waals surface area contributed by atoms with Crippen LogP contribution in [0, 0.1) is 0 Å². The van der Waals surface area contributed by atoms with Crippen LogP contribution in [-0.2, 0) is 0 Å². The normalized spacial score (nSPS) is 10.2. The molecule has 0 atom stereocenters. The lowest BCUT2D eigenvalue weighted by molar-refractivity contribution is 0.0994. The Labute approximate surface area is 161 Å². The minimum Gasteiger partial charge on any atom is -0.267 e. The van der Waals surface area contributed by atoms with Crippen molar-refractivity contribution in [3.8, 4) is 0 Å². The summed E-state index contributed by atoms with van der Waals surface area (Å²) in [5, 5.41) is 0. The summed E-state index contributed by atoms with van der Waals surface area (Å²) in [6.07, 6.45) is 0. The van der Waals surface area contributed by atoms with Gasteiger partial charge in [-0.25, -0.2) is 8.84 Å². The van der Waals surface area contributed by atoms with E-state index in [4.69, 9.17) is 23.6 Å². The van der Waals surface area contributed by atoms with Gasteiger partial charge >= 0.3 is 0 Å². The van der Waals surface area contributed by atoms with E-state index in [0.29, 0.717) is 22.5 Å². The van der Waals surface area contributed by atoms with Crippen LogP contribution in [-0.4, -0.2) is 11.8 Å². The summed E-state index contributed by atoms with van der Waals surface area (Å²) in [5.74, 6) is -0.773. The molecule has 2 amide bonds. The van der Waals surface area contributed by atoms with Crippen LogP contribution in [0.25, 0.3) is 0 Å². The summed E-state index contributed by atoms with van der Waals surface area (Å²) in [4.78, 5) is 24.9. The molecule has 130 valence electrons. The summed E-state index contributed by atoms with van der Waals surface area (Å²) >= 11 is 12.2. The van der Waals surface area contributed by atoms with Crippen LogP contribution in [0.3, 0.4) is 0 Å². The summed E-state index contributed by atoms with van der Waals surface area (Å²) in [6, 6.07) is 23.9. The molecule has 0 unspecified atom stereocenters. The molecule has 6 heteroatoms. The van der Waals surface area contributed by atoms with Crippen LogP contribution in [0.4, 0.5) is 11.4 Å². The van der Waals surface area contributed by atoms with Crippen molar-refractivity contribution in [3.63, 3.8) is 0 Å². The lowest BCUT2D eigenvalue weighted by atomic mass is 10.1. The van der Waals surface area contributed by atoms with E-state index in [1.165, 1.54) is 0 Å². The van der Waals surface area contributed by atoms with Crippen LogP contribution in [0.2, 0.25) is 0 Å². The third kappa shape index (κ3) is 3.87. The number of hydrogen-bond acceptors (Lipinski definition) is 2. The third-order valence-electron chi connectivity index (χ3n) is 3.70. The van der Waals surface area contributed by atoms with E-state index in [0.717, 1.165) is 8.84 Å². The first-order valence-corrected chi connectivity index (χ1v) is 8.46. The Morgan fingerprint density at radius 2 is 0.846 bits per heavy atom. The number of anilines is 2. The molecule has 0 spiro atoms. The Bertz CT molecular complexity index is 824. The molecule has 0 aliphatic heterocycles. The average molecular weight is 385 g/mol. The Morgan fingerprint density at radius 1 is 0.538 bits per heavy atom. The molecule has 3 rings (SSSR count). The number of hydrogen-bond donors (Lipinski definition) is 0. The molecular weight excluding hydrogens is 371 g/mol. The lowest BCUT2D eigenvalue weighted by Gasteiger charge is -2.15. The van der Waals surface area contributed by atoms with Crippen molar-refractivity contribution in [3.05, 3.63) is 96.1 Å². The van der Waals surface area contributed by atoms with Crippen molar-refractivity contribution in [2.75, 3.05) is 8.84 Å². The summed E-state index contributed by atoms with van der Waals surface area (Å²) in [7, 11) is 0. The van der Waals surface area contributed by atoms with Crippen molar-refractivity contribution in [2.24, 2.45) is 0 Å². The number of para-hydroxylation sites is 2. The zero-order chi connectivity index (χ0) is 18.5. The van der Waals surface area contributed by atoms with Crippen LogP contribution in [0.1, 0.15) is 20.7 Å². The van der Waals surface area contributed by atoms with Gasteiger partial charge in [0.1, 0.15) is 0 Å². The molecule has 3 aromatic rings. The summed E-state index contributed by atoms with van der Waals surface area (Å²) in [5.41, 5.74) is 1.85. The minimum atomic E-state index is -0.386. The van der Waals surface area contributed by atoms with E-state index >= 15 is 0 Å². The first-order valence-electron chi connectivity index (χ1n) is 7.78. The Hall–Kier alpha value is -2.82. The number of amides is 2. The predicted molar refractivity (Wildman–Crippen MR) is 105 cm³/mol. The third-order valence-corrected chi connectivity index (χ3v) is 4.40. The Kier molecular flexibility index (Phi) is 5.56. The van der Waals surface area contributed by atoms with Crippen molar-refractivity contribution < 1.29 is 9.59 Å². The fourth-order valence-corrected chi connectivity index (χ4v) is 2.75. The van der Waals surface area contributed by atoms with Crippen LogP contribution >= 0.6 is 23.6 Å². The largest absolute Gasteiger partial charge is 0.272 e. The molecule has 0 saturated carbocycles. The SMILES string of the molecule is O=C(c1ccc(C(=O)N(Cl)c2ccccc2)cc1)N(Cl)c1ccccc1. The van der Waals surface area contributed by atoms with Crippen molar-refractivity contribution >= 4 is 46.7 Å². The quantitative estimate of drug-likeness (QED) is 0.573. The minimum absolute atomic E-state index is 0.362. The molecular formula is C20H14Cl2N2O2. The fraction of sp³-hybridized carbons (Fsp3) is 0. The number of rotatable bonds is 4. The van der Waals surface area contributed by atoms with Gasteiger partial charge in [-0.15, -0.1) is 0 Å². The number of halogens is 2. The van der Waals surface area contributed by atoms with Crippen LogP contribution in [0.5, 0.6) is 0 Å². The highest BCUT2D eigenvalue weighted by atomic mass is 35.5. The number of carbonyl (C=O) groups excluding carboxylic acids is 2. The molecule has 3 aromatic carbocycles. The molecule has 0 radical (unpaired) electrons. The maximum Gasteiger partial charge on any atom is 0.272 e. The Morgan fingerprint density at radius 3 is 1.15 bits per heavy atom. The lowest BCUT2D eigenvalue weighted by Crippen LogP contribution is -2.22. The van der Waals surface area contributed by atoms with E-state index < -0.39 is 0 Å². The molecule has 0 bridgehead atoms. The highest BCUT2D eigenvalue weighted by Gasteiger charge is 2.18. The number of carbonyl (C=O) groups is 2. The molecule has 26 heavy (non-hydrogen) atoms. The molecule has 0 aromatic heterocycles. The number of nitrogens with zero attached hydrogens (tertiary/aromatic N) is 2. The van der Waals surface area contributed by atoms with Gasteiger partial charge in [-0.1, -0.05) is 36.4 Å². The van der Waals surface area contributed by atoms with Crippen molar-refractivity contribution in [2.45, 2.75) is 0 Å². The zero-order valence-corrected chi connectivity index (χ0v) is 15.1. The van der Waals surface area contributed by atoms with Gasteiger partial charge in [0.05, 0.1) is 11.4 Å². The second-order valence-electron chi connectivity index (χ2n) is 5.42. The molecule has 4 nitrogen and oxygen atoms in total. The Balaban J connectivity index is 1.76. The van der Waals surface area contributed by atoms with E-state index in [2.05, 4.69) is 0 Å². The smallest absolute Gasteiger partial charge is 0.267 e. The van der Waals surface area contributed by atoms with E-state index in [1.807, 2.05) is 12.1 Å². The number of benzene rings is 3. The molecule has 0 saturated heterocycles. The van der Waals surface area contributed by atoms with Gasteiger partial charge in [0.25, 0.3) is 11.8 Å². The van der Waals surface area contributed by atoms with E-state index in [1.54, 1.807) is 72.8 Å². The van der Waals surface area contributed by atoms with Gasteiger partial charge in [0.15, 0.2) is 0 Å². The van der Waals surface area contributed by atoms with Crippen LogP contribution in [0.15, 0.2) is 84.9 Å². The van der Waals surface area contributed by atoms with Gasteiger partial charge in [0.2, 0.25) is 0 Å². The van der Waals surface area contributed by atoms with Crippen molar-refractivity contribution in [1.29, 1.82) is 0 Å². The van der Waals surface area contributed by atoms with E-state index in [9.17, 15) is 9.59 Å². The van der Waals surface area contributed by atoms with Crippen molar-refractivity contribution in [1.82, 2.24) is 0 Å². The topological polar surface area (TPSA) is 40.6 Å². The summed E-state index contributed by atoms with van der Waals surface area (Å²) in [6.45, 7) is 0. The molecule has 0 aliphatic rings. The molecule has 0 heterocycles. The highest BCUT2D eigenvalue weighted by molar-refractivity contribution is 6.40. The van der Waals surface area contributed by atoms with Crippen LogP contribution < -0.4 is 8.84 Å². The van der Waals surface area contributed by atoms with Gasteiger partial charge in [-0.05, 0) is 48.5 Å². The molecule has 0 N–H and O–H groups in total. The maximum atomic E-state index is 12.5. The summed E-state index contributed by atoms with van der Waals surface area (Å²) < 4.78 is 2.07. The highest BCUT2D eigenvalue weighted by Crippen LogP contribution is 2.21. The average Bonchev–Trinajstić information content (AvgIpc) is 2.73. The fourth-order valence-electron chi connectivity index (χ4n) is 2.33. The maximum absolute atomic E-state index is 12.5. The second-order valence-corrected chi connectivity index (χ2v) is 6.10. The molecule has 0 aliphatic carbocycles. The first kappa shape index (κ1) is 18.0. The zero-order valence-electron chi connectivity index (χ0n) is 13.5. The second kappa shape index (κ2) is 8.04. The first-order chi connectivity index (χ1) is 12.6. The van der Waals surface area contributed by atoms with Gasteiger partial charge in [-0.2, -0.15) is 0 Å². The monoisotopic (exact) mass is 384 g/mol. The van der Waals surface area contributed by atoms with E-state index in [-0.39, 0.29) is 11.8 Å². The van der Waals surface area contributed by atoms with Gasteiger partial charge in [0, 0.05) is 34.7 Å². The predicted octanol–water partition coefficient (Wildman–Crippen LogP) is 5.29. The standard InChI is InChI=1S/C20H14Cl2N2O2/c21-23(17-7-3-1-4-8-17)19(25)15-11-13-16(14-12-15)20(26)24(22)18-9-5-2-6-10-18/h1-14H.